The summed E-state index contributed by atoms with van der Waals surface area (Å²) in [4.78, 5) is 4.25. The molecule has 0 unspecified atom stereocenters. The van der Waals surface area contributed by atoms with Crippen molar-refractivity contribution in [3.8, 4) is 40.0 Å². The largest absolute Gasteiger partial charge is 0.508 e. The van der Waals surface area contributed by atoms with Crippen LogP contribution in [-0.2, 0) is 0 Å². The van der Waals surface area contributed by atoms with Gasteiger partial charge in [0.05, 0.1) is 11.3 Å². The average molecular weight is 288 g/mol. The van der Waals surface area contributed by atoms with Crippen molar-refractivity contribution in [3.05, 3.63) is 66.4 Å². The Bertz CT molecular complexity index is 865. The third-order valence-corrected chi connectivity index (χ3v) is 3.38. The maximum Gasteiger partial charge on any atom is 0.124 e. The molecule has 2 aromatic carbocycles. The Morgan fingerprint density at radius 2 is 1.64 bits per heavy atom. The van der Waals surface area contributed by atoms with Crippen molar-refractivity contribution in [2.75, 3.05) is 0 Å². The molecule has 0 fully saturated rings. The molecule has 0 amide bonds. The highest BCUT2D eigenvalue weighted by Gasteiger charge is 2.11. The van der Waals surface area contributed by atoms with Crippen LogP contribution in [0.1, 0.15) is 5.56 Å². The van der Waals surface area contributed by atoms with Crippen LogP contribution in [0.3, 0.4) is 0 Å². The zero-order valence-corrected chi connectivity index (χ0v) is 11.6. The van der Waals surface area contributed by atoms with E-state index in [0.717, 1.165) is 5.56 Å². The number of aromatic hydroxyl groups is 2. The summed E-state index contributed by atoms with van der Waals surface area (Å²) in [7, 11) is 0. The first kappa shape index (κ1) is 13.7. The Morgan fingerprint density at radius 1 is 0.909 bits per heavy atom. The van der Waals surface area contributed by atoms with E-state index in [-0.39, 0.29) is 11.5 Å². The van der Waals surface area contributed by atoms with Gasteiger partial charge in [0, 0.05) is 17.3 Å². The molecule has 0 saturated carbocycles. The van der Waals surface area contributed by atoms with Gasteiger partial charge in [0.1, 0.15) is 17.6 Å². The number of hydrogen-bond acceptors (Lipinski definition) is 4. The van der Waals surface area contributed by atoms with E-state index < -0.39 is 0 Å². The number of aromatic nitrogens is 1. The number of para-hydroxylation sites is 1. The number of phenolic OH excluding ortho intramolecular Hbond substituents is 2. The molecule has 0 bridgehead atoms. The lowest BCUT2D eigenvalue weighted by molar-refractivity contribution is 0.475. The summed E-state index contributed by atoms with van der Waals surface area (Å²) in [6, 6.07) is 17.4. The topological polar surface area (TPSA) is 77.1 Å². The minimum Gasteiger partial charge on any atom is -0.508 e. The number of pyridine rings is 1. The van der Waals surface area contributed by atoms with Crippen molar-refractivity contribution in [1.29, 1.82) is 5.26 Å². The number of nitriles is 1. The van der Waals surface area contributed by atoms with Crippen molar-refractivity contribution in [1.82, 2.24) is 4.98 Å². The van der Waals surface area contributed by atoms with Gasteiger partial charge in [-0.25, -0.2) is 0 Å². The van der Waals surface area contributed by atoms with Gasteiger partial charge in [0.2, 0.25) is 0 Å². The molecule has 4 nitrogen and oxygen atoms in total. The normalized spacial score (nSPS) is 10.1. The fraction of sp³-hybridized carbons (Fsp3) is 0. The Morgan fingerprint density at radius 3 is 2.32 bits per heavy atom. The van der Waals surface area contributed by atoms with Gasteiger partial charge in [-0.1, -0.05) is 24.3 Å². The minimum absolute atomic E-state index is 0.136. The van der Waals surface area contributed by atoms with E-state index in [1.165, 1.54) is 6.20 Å². The van der Waals surface area contributed by atoms with Gasteiger partial charge in [-0.05, 0) is 35.9 Å². The molecule has 0 aliphatic carbocycles. The Hall–Kier alpha value is -3.32. The van der Waals surface area contributed by atoms with Gasteiger partial charge >= 0.3 is 0 Å². The van der Waals surface area contributed by atoms with Crippen LogP contribution in [0.4, 0.5) is 0 Å². The smallest absolute Gasteiger partial charge is 0.124 e. The van der Waals surface area contributed by atoms with Crippen molar-refractivity contribution < 1.29 is 10.2 Å². The summed E-state index contributed by atoms with van der Waals surface area (Å²) in [6.07, 6.45) is 1.49. The number of hydrogen-bond donors (Lipinski definition) is 2. The van der Waals surface area contributed by atoms with E-state index in [1.54, 1.807) is 48.5 Å². The molecule has 1 aromatic heterocycles. The van der Waals surface area contributed by atoms with E-state index in [9.17, 15) is 15.5 Å². The molecule has 0 radical (unpaired) electrons. The maximum absolute atomic E-state index is 9.95. The summed E-state index contributed by atoms with van der Waals surface area (Å²) >= 11 is 0. The summed E-state index contributed by atoms with van der Waals surface area (Å²) in [5.74, 6) is 0.300. The van der Waals surface area contributed by atoms with Crippen molar-refractivity contribution in [2.24, 2.45) is 0 Å². The fourth-order valence-corrected chi connectivity index (χ4v) is 2.26. The lowest BCUT2D eigenvalue weighted by atomic mass is 9.99. The number of phenols is 2. The quantitative estimate of drug-likeness (QED) is 0.753. The predicted octanol–water partition coefficient (Wildman–Crippen LogP) is 3.70. The van der Waals surface area contributed by atoms with E-state index >= 15 is 0 Å². The summed E-state index contributed by atoms with van der Waals surface area (Å²) < 4.78 is 0. The van der Waals surface area contributed by atoms with Crippen LogP contribution in [0.25, 0.3) is 22.4 Å². The molecule has 22 heavy (non-hydrogen) atoms. The summed E-state index contributed by atoms with van der Waals surface area (Å²) in [5, 5.41) is 28.6. The summed E-state index contributed by atoms with van der Waals surface area (Å²) in [6.45, 7) is 0. The van der Waals surface area contributed by atoms with Crippen molar-refractivity contribution in [3.63, 3.8) is 0 Å². The first-order valence-corrected chi connectivity index (χ1v) is 6.67. The molecule has 3 aromatic rings. The van der Waals surface area contributed by atoms with Crippen LogP contribution in [-0.4, -0.2) is 15.2 Å². The second-order valence-corrected chi connectivity index (χ2v) is 4.79. The lowest BCUT2D eigenvalue weighted by Crippen LogP contribution is -1.90. The lowest BCUT2D eigenvalue weighted by Gasteiger charge is -2.08. The molecule has 106 valence electrons. The van der Waals surface area contributed by atoms with Crippen molar-refractivity contribution in [2.45, 2.75) is 0 Å². The third kappa shape index (κ3) is 2.48. The van der Waals surface area contributed by atoms with Crippen LogP contribution in [0, 0.1) is 11.3 Å². The van der Waals surface area contributed by atoms with E-state index in [1.807, 2.05) is 6.07 Å². The monoisotopic (exact) mass is 288 g/mol. The molecular weight excluding hydrogens is 276 g/mol. The summed E-state index contributed by atoms with van der Waals surface area (Å²) in [5.41, 5.74) is 3.13. The zero-order chi connectivity index (χ0) is 15.5. The highest BCUT2D eigenvalue weighted by Crippen LogP contribution is 2.32. The second kappa shape index (κ2) is 5.58. The number of benzene rings is 2. The zero-order valence-electron chi connectivity index (χ0n) is 11.6. The molecule has 3 rings (SSSR count). The number of nitrogens with zero attached hydrogens (tertiary/aromatic N) is 2. The average Bonchev–Trinajstić information content (AvgIpc) is 2.55. The van der Waals surface area contributed by atoms with Gasteiger partial charge < -0.3 is 10.2 Å². The minimum atomic E-state index is 0.136. The molecule has 1 heterocycles. The molecule has 0 aliphatic rings. The Kier molecular flexibility index (Phi) is 3.47. The van der Waals surface area contributed by atoms with Gasteiger partial charge in [0.25, 0.3) is 0 Å². The standard InChI is InChI=1S/C18H12N2O2/c19-10-13-11-20-17(15-3-1-2-4-18(15)22)9-16(13)12-5-7-14(21)8-6-12/h1-9,11,21-22H. The van der Waals surface area contributed by atoms with Crippen LogP contribution in [0.5, 0.6) is 11.5 Å². The van der Waals surface area contributed by atoms with Gasteiger partial charge in [-0.15, -0.1) is 0 Å². The third-order valence-electron chi connectivity index (χ3n) is 3.38. The van der Waals surface area contributed by atoms with Crippen LogP contribution in [0.2, 0.25) is 0 Å². The highest BCUT2D eigenvalue weighted by atomic mass is 16.3. The number of rotatable bonds is 2. The Labute approximate surface area is 127 Å². The first-order chi connectivity index (χ1) is 10.7. The van der Waals surface area contributed by atoms with E-state index in [0.29, 0.717) is 22.4 Å². The molecule has 4 heteroatoms. The van der Waals surface area contributed by atoms with Crippen molar-refractivity contribution >= 4 is 0 Å². The van der Waals surface area contributed by atoms with Gasteiger partial charge in [0.15, 0.2) is 0 Å². The molecular formula is C18H12N2O2. The molecule has 2 N–H and O–H groups in total. The SMILES string of the molecule is N#Cc1cnc(-c2ccccc2O)cc1-c1ccc(O)cc1. The van der Waals surface area contributed by atoms with Crippen LogP contribution < -0.4 is 0 Å². The predicted molar refractivity (Wildman–Crippen MR) is 83.2 cm³/mol. The Balaban J connectivity index is 2.17. The molecule has 0 saturated heterocycles. The first-order valence-electron chi connectivity index (χ1n) is 6.67. The van der Waals surface area contributed by atoms with E-state index in [4.69, 9.17) is 0 Å². The van der Waals surface area contributed by atoms with Gasteiger partial charge in [-0.3, -0.25) is 4.98 Å². The highest BCUT2D eigenvalue weighted by molar-refractivity contribution is 5.77. The molecule has 0 aliphatic heterocycles. The van der Waals surface area contributed by atoms with Crippen LogP contribution >= 0.6 is 0 Å². The van der Waals surface area contributed by atoms with Crippen LogP contribution in [0.15, 0.2) is 60.8 Å². The van der Waals surface area contributed by atoms with E-state index in [2.05, 4.69) is 11.1 Å². The maximum atomic E-state index is 9.95. The fourth-order valence-electron chi connectivity index (χ4n) is 2.26. The molecule has 0 spiro atoms. The van der Waals surface area contributed by atoms with Gasteiger partial charge in [-0.2, -0.15) is 5.26 Å². The second-order valence-electron chi connectivity index (χ2n) is 4.79. The molecule has 0 atom stereocenters.